The zero-order chi connectivity index (χ0) is 15.3. The summed E-state index contributed by atoms with van der Waals surface area (Å²) < 4.78 is 8.66. The van der Waals surface area contributed by atoms with Crippen LogP contribution < -0.4 is 0 Å². The second kappa shape index (κ2) is 11.9. The number of aliphatic hydroxyl groups excluding tert-OH is 1. The topological polar surface area (TPSA) is 110 Å². The maximum Gasteiger partial charge on any atom is 0.341 e. The Hall–Kier alpha value is -2.57. The highest BCUT2D eigenvalue weighted by Crippen LogP contribution is 1.99. The van der Waals surface area contributed by atoms with E-state index < -0.39 is 17.9 Å². The standard InChI is InChI=1S/C8H10O5.C4H6O2/c1-2-13-8(12)6(5-9)3-4-7(10)11;1-3-4(5)6-2/h3-5,9H,2H2,1H3,(H,10,11);3H,1H2,2H3. The van der Waals surface area contributed by atoms with Crippen molar-refractivity contribution in [1.82, 2.24) is 0 Å². The monoisotopic (exact) mass is 272 g/mol. The number of methoxy groups -OCH3 is 1. The summed E-state index contributed by atoms with van der Waals surface area (Å²) in [7, 11) is 1.31. The van der Waals surface area contributed by atoms with Gasteiger partial charge >= 0.3 is 17.9 Å². The Morgan fingerprint density at radius 1 is 1.26 bits per heavy atom. The zero-order valence-corrected chi connectivity index (χ0v) is 10.7. The van der Waals surface area contributed by atoms with Crippen molar-refractivity contribution in [2.45, 2.75) is 6.92 Å². The minimum Gasteiger partial charge on any atom is -0.515 e. The first-order chi connectivity index (χ1) is 8.92. The third kappa shape index (κ3) is 11.7. The highest BCUT2D eigenvalue weighted by atomic mass is 16.5. The molecule has 0 aliphatic rings. The molecule has 0 unspecified atom stereocenters. The Balaban J connectivity index is 0. The smallest absolute Gasteiger partial charge is 0.341 e. The van der Waals surface area contributed by atoms with Gasteiger partial charge in [0.05, 0.1) is 25.6 Å². The average Bonchev–Trinajstić information content (AvgIpc) is 2.39. The number of esters is 2. The number of hydrogen-bond acceptors (Lipinski definition) is 6. The Morgan fingerprint density at radius 2 is 1.84 bits per heavy atom. The van der Waals surface area contributed by atoms with Gasteiger partial charge in [-0.1, -0.05) is 6.58 Å². The molecule has 7 heteroatoms. The number of hydrogen-bond donors (Lipinski definition) is 2. The number of carbonyl (C=O) groups is 3. The Kier molecular flexibility index (Phi) is 11.8. The van der Waals surface area contributed by atoms with E-state index in [4.69, 9.17) is 10.2 Å². The molecule has 0 amide bonds. The van der Waals surface area contributed by atoms with Crippen molar-refractivity contribution in [3.8, 4) is 0 Å². The van der Waals surface area contributed by atoms with Crippen LogP contribution in [0.4, 0.5) is 0 Å². The molecule has 0 saturated carbocycles. The minimum absolute atomic E-state index is 0.164. The molecule has 7 nitrogen and oxygen atoms in total. The van der Waals surface area contributed by atoms with Crippen LogP contribution in [0.3, 0.4) is 0 Å². The van der Waals surface area contributed by atoms with Crippen molar-refractivity contribution in [1.29, 1.82) is 0 Å². The molecule has 0 aromatic heterocycles. The predicted molar refractivity (Wildman–Crippen MR) is 66.3 cm³/mol. The lowest BCUT2D eigenvalue weighted by atomic mass is 10.3. The molecule has 0 spiro atoms. The summed E-state index contributed by atoms with van der Waals surface area (Å²) >= 11 is 0. The molecule has 0 atom stereocenters. The first-order valence-electron chi connectivity index (χ1n) is 5.05. The van der Waals surface area contributed by atoms with Crippen LogP contribution in [-0.2, 0) is 23.9 Å². The average molecular weight is 272 g/mol. The van der Waals surface area contributed by atoms with Crippen molar-refractivity contribution >= 4 is 17.9 Å². The summed E-state index contributed by atoms with van der Waals surface area (Å²) in [4.78, 5) is 30.8. The molecular weight excluding hydrogens is 256 g/mol. The van der Waals surface area contributed by atoms with Crippen molar-refractivity contribution < 1.29 is 34.1 Å². The first-order valence-corrected chi connectivity index (χ1v) is 5.05. The quantitative estimate of drug-likeness (QED) is 0.332. The molecule has 2 N–H and O–H groups in total. The second-order valence-electron chi connectivity index (χ2n) is 2.70. The fourth-order valence-corrected chi connectivity index (χ4v) is 0.623. The fourth-order valence-electron chi connectivity index (χ4n) is 0.623. The van der Waals surface area contributed by atoms with Crippen LogP contribution in [0.15, 0.2) is 36.6 Å². The number of carboxylic acid groups (broad SMARTS) is 1. The molecule has 19 heavy (non-hydrogen) atoms. The Morgan fingerprint density at radius 3 is 2.11 bits per heavy atom. The van der Waals surface area contributed by atoms with Crippen LogP contribution in [0.1, 0.15) is 6.92 Å². The predicted octanol–water partition coefficient (Wildman–Crippen LogP) is 0.978. The van der Waals surface area contributed by atoms with E-state index in [0.29, 0.717) is 6.26 Å². The molecule has 0 fully saturated rings. The highest BCUT2D eigenvalue weighted by Gasteiger charge is 2.06. The molecule has 0 aliphatic carbocycles. The van der Waals surface area contributed by atoms with Gasteiger partial charge < -0.3 is 19.7 Å². The maximum absolute atomic E-state index is 10.9. The van der Waals surface area contributed by atoms with Crippen molar-refractivity contribution in [2.75, 3.05) is 13.7 Å². The van der Waals surface area contributed by atoms with Crippen molar-refractivity contribution in [3.05, 3.63) is 36.6 Å². The largest absolute Gasteiger partial charge is 0.515 e. The van der Waals surface area contributed by atoms with Gasteiger partial charge in [-0.25, -0.2) is 14.4 Å². The normalized spacial score (nSPS) is 10.1. The summed E-state index contributed by atoms with van der Waals surface area (Å²) in [5.41, 5.74) is -0.204. The molecule has 0 rings (SSSR count). The molecule has 0 radical (unpaired) electrons. The lowest BCUT2D eigenvalue weighted by molar-refractivity contribution is -0.138. The van der Waals surface area contributed by atoms with E-state index in [0.717, 1.165) is 18.2 Å². The molecule has 0 aliphatic heterocycles. The van der Waals surface area contributed by atoms with Gasteiger partial charge in [0.25, 0.3) is 0 Å². The molecule has 0 heterocycles. The van der Waals surface area contributed by atoms with Crippen LogP contribution in [-0.4, -0.2) is 41.8 Å². The van der Waals surface area contributed by atoms with E-state index in [1.54, 1.807) is 6.92 Å². The summed E-state index contributed by atoms with van der Waals surface area (Å²) in [5, 5.41) is 16.8. The first kappa shape index (κ1) is 18.8. The van der Waals surface area contributed by atoms with Gasteiger partial charge in [0, 0.05) is 12.2 Å². The summed E-state index contributed by atoms with van der Waals surface area (Å²) in [6.07, 6.45) is 3.30. The van der Waals surface area contributed by atoms with Crippen LogP contribution >= 0.6 is 0 Å². The summed E-state index contributed by atoms with van der Waals surface area (Å²) in [6.45, 7) is 4.93. The van der Waals surface area contributed by atoms with E-state index in [2.05, 4.69) is 16.1 Å². The Labute approximate surface area is 110 Å². The maximum atomic E-state index is 10.9. The number of carbonyl (C=O) groups excluding carboxylic acids is 2. The van der Waals surface area contributed by atoms with Gasteiger partial charge in [-0.2, -0.15) is 0 Å². The molecular formula is C12H16O7. The van der Waals surface area contributed by atoms with Gasteiger partial charge in [-0.05, 0) is 13.0 Å². The van der Waals surface area contributed by atoms with E-state index in [1.165, 1.54) is 7.11 Å². The van der Waals surface area contributed by atoms with Crippen molar-refractivity contribution in [2.24, 2.45) is 0 Å². The summed E-state index contributed by atoms with van der Waals surface area (Å²) in [5.74, 6) is -2.36. The zero-order valence-electron chi connectivity index (χ0n) is 10.7. The van der Waals surface area contributed by atoms with Gasteiger partial charge in [0.1, 0.15) is 0 Å². The number of ether oxygens (including phenoxy) is 2. The minimum atomic E-state index is -1.20. The number of carboxylic acids is 1. The fraction of sp³-hybridized carbons (Fsp3) is 0.250. The summed E-state index contributed by atoms with van der Waals surface area (Å²) in [6, 6.07) is 0. The second-order valence-corrected chi connectivity index (χ2v) is 2.70. The van der Waals surface area contributed by atoms with Crippen LogP contribution in [0.25, 0.3) is 0 Å². The third-order valence-corrected chi connectivity index (χ3v) is 1.42. The molecule has 0 bridgehead atoms. The van der Waals surface area contributed by atoms with E-state index in [-0.39, 0.29) is 12.2 Å². The number of aliphatic hydroxyl groups is 1. The van der Waals surface area contributed by atoms with E-state index in [1.807, 2.05) is 0 Å². The van der Waals surface area contributed by atoms with Crippen LogP contribution in [0.2, 0.25) is 0 Å². The molecule has 0 saturated heterocycles. The SMILES string of the molecule is C=CC(=O)OC.CCOC(=O)C(C=CC(=O)O)=CO. The van der Waals surface area contributed by atoms with Crippen LogP contribution in [0, 0.1) is 0 Å². The molecule has 0 aromatic rings. The molecule has 106 valence electrons. The van der Waals surface area contributed by atoms with Gasteiger partial charge in [-0.15, -0.1) is 0 Å². The van der Waals surface area contributed by atoms with E-state index >= 15 is 0 Å². The van der Waals surface area contributed by atoms with Crippen molar-refractivity contribution in [3.63, 3.8) is 0 Å². The van der Waals surface area contributed by atoms with Crippen LogP contribution in [0.5, 0.6) is 0 Å². The van der Waals surface area contributed by atoms with Gasteiger partial charge in [0.15, 0.2) is 0 Å². The lowest BCUT2D eigenvalue weighted by Crippen LogP contribution is -2.06. The van der Waals surface area contributed by atoms with E-state index in [9.17, 15) is 14.4 Å². The lowest BCUT2D eigenvalue weighted by Gasteiger charge is -1.99. The number of aliphatic carboxylic acids is 1. The third-order valence-electron chi connectivity index (χ3n) is 1.42. The molecule has 0 aromatic carbocycles. The van der Waals surface area contributed by atoms with Gasteiger partial charge in [-0.3, -0.25) is 0 Å². The number of rotatable bonds is 5. The highest BCUT2D eigenvalue weighted by molar-refractivity contribution is 5.93. The van der Waals surface area contributed by atoms with Gasteiger partial charge in [0.2, 0.25) is 0 Å². The Bertz CT molecular complexity index is 380.